The maximum atomic E-state index is 13.0. The first-order chi connectivity index (χ1) is 8.23. The van der Waals surface area contributed by atoms with Crippen molar-refractivity contribution in [1.82, 2.24) is 0 Å². The predicted octanol–water partition coefficient (Wildman–Crippen LogP) is 3.45. The Bertz CT molecular complexity index is 642. The van der Waals surface area contributed by atoms with Gasteiger partial charge in [-0.3, -0.25) is 4.79 Å². The van der Waals surface area contributed by atoms with Crippen molar-refractivity contribution in [2.45, 2.75) is 12.1 Å². The standard InChI is InChI=1S/C11H5F5O2/c12-10(13,11(14,15)16)9-5-7(17)6-3-1-2-4-8(6)18-9/h1-5H. The van der Waals surface area contributed by atoms with Crippen LogP contribution in [0.5, 0.6) is 0 Å². The van der Waals surface area contributed by atoms with E-state index in [4.69, 9.17) is 0 Å². The second-order valence-electron chi connectivity index (χ2n) is 3.54. The topological polar surface area (TPSA) is 30.2 Å². The minimum absolute atomic E-state index is 0.0563. The molecular formula is C11H5F5O2. The lowest BCUT2D eigenvalue weighted by molar-refractivity contribution is -0.295. The first kappa shape index (κ1) is 12.5. The van der Waals surface area contributed by atoms with Crippen molar-refractivity contribution in [3.05, 3.63) is 46.3 Å². The van der Waals surface area contributed by atoms with Crippen molar-refractivity contribution in [3.8, 4) is 0 Å². The number of hydrogen-bond donors (Lipinski definition) is 0. The molecule has 0 bridgehead atoms. The maximum Gasteiger partial charge on any atom is 0.461 e. The van der Waals surface area contributed by atoms with E-state index in [2.05, 4.69) is 4.42 Å². The van der Waals surface area contributed by atoms with Crippen molar-refractivity contribution in [3.63, 3.8) is 0 Å². The highest BCUT2D eigenvalue weighted by Crippen LogP contribution is 2.43. The monoisotopic (exact) mass is 264 g/mol. The van der Waals surface area contributed by atoms with Crippen LogP contribution in [0.3, 0.4) is 0 Å². The Labute approximate surface area is 96.6 Å². The van der Waals surface area contributed by atoms with Gasteiger partial charge in [0.05, 0.1) is 5.39 Å². The Hall–Kier alpha value is -1.92. The molecule has 0 aliphatic rings. The first-order valence-electron chi connectivity index (χ1n) is 4.71. The minimum Gasteiger partial charge on any atom is -0.454 e. The molecule has 2 rings (SSSR count). The summed E-state index contributed by atoms with van der Waals surface area (Å²) in [5.74, 6) is -6.91. The summed E-state index contributed by atoms with van der Waals surface area (Å²) in [5, 5.41) is -0.0563. The van der Waals surface area contributed by atoms with E-state index in [9.17, 15) is 26.7 Å². The molecule has 0 aliphatic carbocycles. The number of alkyl halides is 5. The van der Waals surface area contributed by atoms with E-state index in [0.717, 1.165) is 6.07 Å². The summed E-state index contributed by atoms with van der Waals surface area (Å²) in [4.78, 5) is 11.4. The molecule has 0 atom stereocenters. The molecule has 0 saturated heterocycles. The van der Waals surface area contributed by atoms with Gasteiger partial charge in [0, 0.05) is 6.07 Å². The summed E-state index contributed by atoms with van der Waals surface area (Å²) in [7, 11) is 0. The van der Waals surface area contributed by atoms with Crippen LogP contribution < -0.4 is 5.43 Å². The fourth-order valence-corrected chi connectivity index (χ4v) is 1.40. The van der Waals surface area contributed by atoms with E-state index in [1.54, 1.807) is 0 Å². The number of fused-ring (bicyclic) bond motifs is 1. The van der Waals surface area contributed by atoms with Crippen LogP contribution in [-0.2, 0) is 5.92 Å². The molecule has 96 valence electrons. The van der Waals surface area contributed by atoms with Gasteiger partial charge in [0.1, 0.15) is 5.58 Å². The van der Waals surface area contributed by atoms with Crippen molar-refractivity contribution in [2.75, 3.05) is 0 Å². The summed E-state index contributed by atoms with van der Waals surface area (Å²) in [6, 6.07) is 5.39. The van der Waals surface area contributed by atoms with Gasteiger partial charge in [0.2, 0.25) is 0 Å². The van der Waals surface area contributed by atoms with E-state index in [1.807, 2.05) is 0 Å². The quantitative estimate of drug-likeness (QED) is 0.738. The number of halogens is 5. The summed E-state index contributed by atoms with van der Waals surface area (Å²) in [6.45, 7) is 0. The van der Waals surface area contributed by atoms with E-state index in [0.29, 0.717) is 0 Å². The van der Waals surface area contributed by atoms with E-state index in [-0.39, 0.29) is 17.0 Å². The maximum absolute atomic E-state index is 13.0. The molecule has 1 heterocycles. The van der Waals surface area contributed by atoms with Crippen LogP contribution >= 0.6 is 0 Å². The molecule has 1 aromatic heterocycles. The van der Waals surface area contributed by atoms with Gasteiger partial charge in [0.15, 0.2) is 11.2 Å². The number of rotatable bonds is 1. The Morgan fingerprint density at radius 3 is 2.22 bits per heavy atom. The van der Waals surface area contributed by atoms with E-state index < -0.39 is 23.3 Å². The van der Waals surface area contributed by atoms with E-state index in [1.165, 1.54) is 18.2 Å². The summed E-state index contributed by atoms with van der Waals surface area (Å²) < 4.78 is 66.9. The number of para-hydroxylation sites is 1. The highest BCUT2D eigenvalue weighted by molar-refractivity contribution is 5.76. The zero-order valence-corrected chi connectivity index (χ0v) is 8.59. The zero-order valence-electron chi connectivity index (χ0n) is 8.59. The van der Waals surface area contributed by atoms with Crippen LogP contribution in [0.4, 0.5) is 22.0 Å². The molecule has 0 radical (unpaired) electrons. The summed E-state index contributed by atoms with van der Waals surface area (Å²) >= 11 is 0. The summed E-state index contributed by atoms with van der Waals surface area (Å²) in [6.07, 6.45) is -5.81. The van der Waals surface area contributed by atoms with Gasteiger partial charge in [-0.25, -0.2) is 0 Å². The van der Waals surface area contributed by atoms with Gasteiger partial charge in [-0.1, -0.05) is 12.1 Å². The third-order valence-electron chi connectivity index (χ3n) is 2.30. The van der Waals surface area contributed by atoms with Crippen LogP contribution in [0.15, 0.2) is 39.5 Å². The fourth-order valence-electron chi connectivity index (χ4n) is 1.40. The van der Waals surface area contributed by atoms with Crippen molar-refractivity contribution < 1.29 is 26.4 Å². The second kappa shape index (κ2) is 3.79. The Morgan fingerprint density at radius 2 is 1.61 bits per heavy atom. The lowest BCUT2D eigenvalue weighted by atomic mass is 10.1. The van der Waals surface area contributed by atoms with Crippen molar-refractivity contribution in [1.29, 1.82) is 0 Å². The molecule has 0 amide bonds. The van der Waals surface area contributed by atoms with Gasteiger partial charge in [-0.05, 0) is 12.1 Å². The molecule has 18 heavy (non-hydrogen) atoms. The summed E-state index contributed by atoms with van der Waals surface area (Å²) in [5.41, 5.74) is -1.26. The van der Waals surface area contributed by atoms with Crippen LogP contribution in [0.1, 0.15) is 5.76 Å². The average molecular weight is 264 g/mol. The van der Waals surface area contributed by atoms with Gasteiger partial charge >= 0.3 is 12.1 Å². The molecule has 1 aromatic carbocycles. The van der Waals surface area contributed by atoms with Gasteiger partial charge in [0.25, 0.3) is 0 Å². The molecule has 0 N–H and O–H groups in total. The first-order valence-corrected chi connectivity index (χ1v) is 4.71. The Kier molecular flexibility index (Phi) is 2.64. The molecule has 7 heteroatoms. The molecule has 2 nitrogen and oxygen atoms in total. The average Bonchev–Trinajstić information content (AvgIpc) is 2.27. The van der Waals surface area contributed by atoms with Gasteiger partial charge in [-0.2, -0.15) is 22.0 Å². The van der Waals surface area contributed by atoms with Crippen LogP contribution in [0.2, 0.25) is 0 Å². The van der Waals surface area contributed by atoms with E-state index >= 15 is 0 Å². The Balaban J connectivity index is 2.71. The lowest BCUT2D eigenvalue weighted by Crippen LogP contribution is -2.34. The second-order valence-corrected chi connectivity index (χ2v) is 3.54. The van der Waals surface area contributed by atoms with Gasteiger partial charge in [-0.15, -0.1) is 0 Å². The van der Waals surface area contributed by atoms with Crippen LogP contribution in [0.25, 0.3) is 11.0 Å². The molecule has 0 spiro atoms. The highest BCUT2D eigenvalue weighted by Gasteiger charge is 2.61. The third kappa shape index (κ3) is 1.85. The third-order valence-corrected chi connectivity index (χ3v) is 2.30. The predicted molar refractivity (Wildman–Crippen MR) is 52.4 cm³/mol. The SMILES string of the molecule is O=c1cc(C(F)(F)C(F)(F)F)oc2ccccc12. The van der Waals surface area contributed by atoms with Gasteiger partial charge < -0.3 is 4.42 Å². The molecular weight excluding hydrogens is 259 g/mol. The van der Waals surface area contributed by atoms with Crippen LogP contribution in [-0.4, -0.2) is 6.18 Å². The Morgan fingerprint density at radius 1 is 1.00 bits per heavy atom. The lowest BCUT2D eigenvalue weighted by Gasteiger charge is -2.18. The minimum atomic E-state index is -5.81. The smallest absolute Gasteiger partial charge is 0.454 e. The highest BCUT2D eigenvalue weighted by atomic mass is 19.4. The molecule has 0 fully saturated rings. The fraction of sp³-hybridized carbons (Fsp3) is 0.182. The van der Waals surface area contributed by atoms with Crippen molar-refractivity contribution >= 4 is 11.0 Å². The molecule has 0 aliphatic heterocycles. The zero-order chi connectivity index (χ0) is 13.6. The normalized spacial score (nSPS) is 12.9. The molecule has 0 saturated carbocycles. The number of benzene rings is 1. The largest absolute Gasteiger partial charge is 0.461 e. The van der Waals surface area contributed by atoms with Crippen molar-refractivity contribution in [2.24, 2.45) is 0 Å². The van der Waals surface area contributed by atoms with Crippen LogP contribution in [0, 0.1) is 0 Å². The molecule has 0 unspecified atom stereocenters. The number of hydrogen-bond acceptors (Lipinski definition) is 2. The molecule has 2 aromatic rings.